The predicted octanol–water partition coefficient (Wildman–Crippen LogP) is 2.57. The molecule has 0 heterocycles. The van der Waals surface area contributed by atoms with Crippen molar-refractivity contribution in [2.75, 3.05) is 6.61 Å². The van der Waals surface area contributed by atoms with Gasteiger partial charge in [-0.2, -0.15) is 0 Å². The summed E-state index contributed by atoms with van der Waals surface area (Å²) in [6.45, 7) is 3.94. The first-order chi connectivity index (χ1) is 9.07. The first-order valence-corrected chi connectivity index (χ1v) is 5.89. The zero-order valence-corrected chi connectivity index (χ0v) is 10.5. The van der Waals surface area contributed by atoms with E-state index < -0.39 is 11.9 Å². The quantitative estimate of drug-likeness (QED) is 0.557. The Bertz CT molecular complexity index is 479. The molecule has 0 bridgehead atoms. The number of hydrogen-bond acceptors (Lipinski definition) is 3. The standard InChI is InChI=1S/C14H16O5/c1-2-19-9-4-3-6-10-7-5-8-11(13(15)16)12(10)14(17)18/h2,5,7-8H,1,3-4,6,9H2,(H,15,16)(H,17,18). The molecule has 102 valence electrons. The molecule has 0 radical (unpaired) electrons. The van der Waals surface area contributed by atoms with Crippen LogP contribution in [0.5, 0.6) is 0 Å². The molecule has 0 aliphatic rings. The van der Waals surface area contributed by atoms with Gasteiger partial charge in [-0.05, 0) is 30.9 Å². The van der Waals surface area contributed by atoms with E-state index in [9.17, 15) is 9.59 Å². The van der Waals surface area contributed by atoms with E-state index in [0.29, 0.717) is 18.6 Å². The summed E-state index contributed by atoms with van der Waals surface area (Å²) in [5.74, 6) is -2.44. The molecule has 0 atom stereocenters. The lowest BCUT2D eigenvalue weighted by atomic mass is 9.97. The zero-order valence-electron chi connectivity index (χ0n) is 10.5. The number of aryl methyl sites for hydroxylation is 1. The number of carboxylic acid groups (broad SMARTS) is 2. The van der Waals surface area contributed by atoms with Gasteiger partial charge >= 0.3 is 11.9 Å². The molecular weight excluding hydrogens is 248 g/mol. The van der Waals surface area contributed by atoms with E-state index in [1.807, 2.05) is 0 Å². The van der Waals surface area contributed by atoms with Crippen molar-refractivity contribution >= 4 is 11.9 Å². The van der Waals surface area contributed by atoms with Gasteiger partial charge in [0.05, 0.1) is 24.0 Å². The van der Waals surface area contributed by atoms with Crippen LogP contribution in [-0.2, 0) is 11.2 Å². The molecule has 2 N–H and O–H groups in total. The topological polar surface area (TPSA) is 83.8 Å². The van der Waals surface area contributed by atoms with Crippen molar-refractivity contribution in [3.05, 3.63) is 47.7 Å². The molecular formula is C14H16O5. The van der Waals surface area contributed by atoms with Gasteiger partial charge in [0.1, 0.15) is 0 Å². The number of carboxylic acids is 2. The van der Waals surface area contributed by atoms with Gasteiger partial charge in [0.15, 0.2) is 0 Å². The van der Waals surface area contributed by atoms with Crippen LogP contribution in [0.25, 0.3) is 0 Å². The van der Waals surface area contributed by atoms with Gasteiger partial charge in [0.25, 0.3) is 0 Å². The molecule has 1 aromatic carbocycles. The van der Waals surface area contributed by atoms with Crippen molar-refractivity contribution in [3.8, 4) is 0 Å². The van der Waals surface area contributed by atoms with Crippen molar-refractivity contribution in [3.63, 3.8) is 0 Å². The highest BCUT2D eigenvalue weighted by Crippen LogP contribution is 2.17. The maximum absolute atomic E-state index is 11.2. The molecule has 0 aliphatic carbocycles. The summed E-state index contributed by atoms with van der Waals surface area (Å²) in [6, 6.07) is 4.51. The van der Waals surface area contributed by atoms with Gasteiger partial charge in [0, 0.05) is 0 Å². The molecule has 0 aromatic heterocycles. The molecule has 0 unspecified atom stereocenters. The van der Waals surface area contributed by atoms with E-state index in [1.54, 1.807) is 12.1 Å². The third-order valence-electron chi connectivity index (χ3n) is 2.67. The Morgan fingerprint density at radius 3 is 2.53 bits per heavy atom. The number of unbranched alkanes of at least 4 members (excludes halogenated alkanes) is 1. The molecule has 1 aromatic rings. The Morgan fingerprint density at radius 2 is 1.95 bits per heavy atom. The molecule has 5 heteroatoms. The minimum absolute atomic E-state index is 0.125. The SMILES string of the molecule is C=COCCCCc1cccc(C(=O)O)c1C(=O)O. The number of rotatable bonds is 8. The summed E-state index contributed by atoms with van der Waals surface area (Å²) in [4.78, 5) is 22.2. The van der Waals surface area contributed by atoms with Gasteiger partial charge < -0.3 is 14.9 Å². The fourth-order valence-electron chi connectivity index (χ4n) is 1.82. The minimum atomic E-state index is -1.23. The fourth-order valence-corrected chi connectivity index (χ4v) is 1.82. The number of benzene rings is 1. The van der Waals surface area contributed by atoms with Crippen LogP contribution < -0.4 is 0 Å². The number of hydrogen-bond donors (Lipinski definition) is 2. The fraction of sp³-hybridized carbons (Fsp3) is 0.286. The minimum Gasteiger partial charge on any atom is -0.502 e. The highest BCUT2D eigenvalue weighted by molar-refractivity contribution is 6.02. The second-order valence-corrected chi connectivity index (χ2v) is 3.94. The summed E-state index contributed by atoms with van der Waals surface area (Å²) in [7, 11) is 0. The third-order valence-corrected chi connectivity index (χ3v) is 2.67. The summed E-state index contributed by atoms with van der Waals surface area (Å²) in [5, 5.41) is 18.1. The zero-order chi connectivity index (χ0) is 14.3. The van der Waals surface area contributed by atoms with E-state index in [-0.39, 0.29) is 11.1 Å². The van der Waals surface area contributed by atoms with Gasteiger partial charge in [0.2, 0.25) is 0 Å². The lowest BCUT2D eigenvalue weighted by Gasteiger charge is -2.09. The van der Waals surface area contributed by atoms with Crippen LogP contribution in [0.1, 0.15) is 39.1 Å². The van der Waals surface area contributed by atoms with Crippen molar-refractivity contribution < 1.29 is 24.5 Å². The highest BCUT2D eigenvalue weighted by atomic mass is 16.5. The van der Waals surface area contributed by atoms with E-state index in [1.165, 1.54) is 12.3 Å². The lowest BCUT2D eigenvalue weighted by Crippen LogP contribution is -2.11. The predicted molar refractivity (Wildman–Crippen MR) is 69.4 cm³/mol. The molecule has 0 fully saturated rings. The third kappa shape index (κ3) is 4.13. The molecule has 0 saturated heterocycles. The Labute approximate surface area is 111 Å². The van der Waals surface area contributed by atoms with Crippen molar-refractivity contribution in [2.45, 2.75) is 19.3 Å². The largest absolute Gasteiger partial charge is 0.502 e. The molecule has 0 aliphatic heterocycles. The monoisotopic (exact) mass is 264 g/mol. The summed E-state index contributed by atoms with van der Waals surface area (Å²) in [5.41, 5.74) is 0.234. The van der Waals surface area contributed by atoms with Crippen LogP contribution in [0, 0.1) is 0 Å². The molecule has 5 nitrogen and oxygen atoms in total. The smallest absolute Gasteiger partial charge is 0.336 e. The first kappa shape index (κ1) is 14.8. The molecule has 1 rings (SSSR count). The van der Waals surface area contributed by atoms with Crippen LogP contribution in [0.15, 0.2) is 31.0 Å². The van der Waals surface area contributed by atoms with Crippen LogP contribution in [0.2, 0.25) is 0 Å². The molecule has 0 saturated carbocycles. The van der Waals surface area contributed by atoms with Crippen molar-refractivity contribution in [1.82, 2.24) is 0 Å². The molecule has 19 heavy (non-hydrogen) atoms. The van der Waals surface area contributed by atoms with E-state index in [4.69, 9.17) is 14.9 Å². The Hall–Kier alpha value is -2.30. The van der Waals surface area contributed by atoms with Crippen LogP contribution in [-0.4, -0.2) is 28.8 Å². The normalized spacial score (nSPS) is 9.89. The van der Waals surface area contributed by atoms with E-state index in [2.05, 4.69) is 6.58 Å². The number of aromatic carboxylic acids is 2. The Kier molecular flexibility index (Phi) is 5.60. The van der Waals surface area contributed by atoms with Crippen LogP contribution in [0.3, 0.4) is 0 Å². The number of ether oxygens (including phenoxy) is 1. The highest BCUT2D eigenvalue weighted by Gasteiger charge is 2.19. The second-order valence-electron chi connectivity index (χ2n) is 3.94. The van der Waals surface area contributed by atoms with Gasteiger partial charge in [-0.25, -0.2) is 9.59 Å². The van der Waals surface area contributed by atoms with Crippen molar-refractivity contribution in [1.29, 1.82) is 0 Å². The average Bonchev–Trinajstić information content (AvgIpc) is 2.37. The van der Waals surface area contributed by atoms with E-state index in [0.717, 1.165) is 12.8 Å². The first-order valence-electron chi connectivity index (χ1n) is 5.89. The van der Waals surface area contributed by atoms with Crippen molar-refractivity contribution in [2.24, 2.45) is 0 Å². The van der Waals surface area contributed by atoms with Crippen LogP contribution in [0.4, 0.5) is 0 Å². The second kappa shape index (κ2) is 7.20. The molecule has 0 amide bonds. The summed E-state index contributed by atoms with van der Waals surface area (Å²) < 4.78 is 4.96. The van der Waals surface area contributed by atoms with Gasteiger partial charge in [-0.3, -0.25) is 0 Å². The molecule has 0 spiro atoms. The summed E-state index contributed by atoms with van der Waals surface area (Å²) in [6.07, 6.45) is 3.33. The maximum atomic E-state index is 11.2. The van der Waals surface area contributed by atoms with E-state index >= 15 is 0 Å². The van der Waals surface area contributed by atoms with Gasteiger partial charge in [-0.15, -0.1) is 0 Å². The Balaban J connectivity index is 2.82. The number of carbonyl (C=O) groups is 2. The maximum Gasteiger partial charge on any atom is 0.336 e. The van der Waals surface area contributed by atoms with Crippen LogP contribution >= 0.6 is 0 Å². The van der Waals surface area contributed by atoms with Gasteiger partial charge in [-0.1, -0.05) is 18.7 Å². The Morgan fingerprint density at radius 1 is 1.21 bits per heavy atom. The summed E-state index contributed by atoms with van der Waals surface area (Å²) >= 11 is 0. The lowest BCUT2D eigenvalue weighted by molar-refractivity contribution is 0.0650. The average molecular weight is 264 g/mol.